The van der Waals surface area contributed by atoms with Crippen molar-refractivity contribution in [3.05, 3.63) is 10.6 Å². The van der Waals surface area contributed by atoms with Crippen molar-refractivity contribution in [1.29, 1.82) is 0 Å². The molecule has 3 N–H and O–H groups in total. The first-order valence-corrected chi connectivity index (χ1v) is 3.46. The Kier molecular flexibility index (Phi) is 2.26. The topological polar surface area (TPSA) is 59.6 Å². The van der Waals surface area contributed by atoms with Gasteiger partial charge in [-0.05, 0) is 12.2 Å². The molecule has 1 heterocycles. The van der Waals surface area contributed by atoms with E-state index in [4.69, 9.17) is 5.84 Å². The Hall–Kier alpha value is -1.19. The van der Waals surface area contributed by atoms with Gasteiger partial charge in [-0.2, -0.15) is 27.1 Å². The van der Waals surface area contributed by atoms with Crippen molar-refractivity contribution in [2.75, 3.05) is 5.84 Å². The predicted molar refractivity (Wildman–Crippen MR) is 37.5 cm³/mol. The van der Waals surface area contributed by atoms with Gasteiger partial charge in [-0.25, -0.2) is 9.77 Å². The number of nitrogens with two attached hydrogens (primary N) is 1. The lowest BCUT2D eigenvalue weighted by atomic mass is 10.3. The summed E-state index contributed by atoms with van der Waals surface area (Å²) in [4.78, 5) is 0. The minimum Gasteiger partial charge on any atom is -0.335 e. The van der Waals surface area contributed by atoms with Gasteiger partial charge in [0.1, 0.15) is 0 Å². The molecule has 0 atom stereocenters. The molecule has 4 nitrogen and oxygen atoms in total. The van der Waals surface area contributed by atoms with E-state index < -0.39 is 22.7 Å². The summed E-state index contributed by atoms with van der Waals surface area (Å²) in [5, 5.41) is 4.43. The summed E-state index contributed by atoms with van der Waals surface area (Å²) in [5.74, 6) is -1.98. The number of nitrogen functional groups attached to an aromatic ring is 1. The van der Waals surface area contributed by atoms with Crippen molar-refractivity contribution in [1.82, 2.24) is 14.9 Å². The lowest BCUT2D eigenvalue weighted by Gasteiger charge is -2.17. The molecule has 14 heavy (non-hydrogen) atoms. The molecule has 0 aliphatic rings. The molecular formula is C4H3F5N4S. The fourth-order valence-corrected chi connectivity index (χ4v) is 0.785. The molecule has 0 saturated carbocycles. The average molecular weight is 234 g/mol. The smallest absolute Gasteiger partial charge is 0.335 e. The SMILES string of the molecule is Nn1c(C(F)(F)C(F)(F)F)n[nH]c1=S. The second-order valence-corrected chi connectivity index (χ2v) is 2.68. The molecular weight excluding hydrogens is 231 g/mol. The fraction of sp³-hybridized carbons (Fsp3) is 0.500. The Bertz CT molecular complexity index is 389. The van der Waals surface area contributed by atoms with Crippen LogP contribution in [0.15, 0.2) is 0 Å². The van der Waals surface area contributed by atoms with E-state index in [9.17, 15) is 22.0 Å². The van der Waals surface area contributed by atoms with Crippen LogP contribution in [0.5, 0.6) is 0 Å². The van der Waals surface area contributed by atoms with Crippen LogP contribution in [0.1, 0.15) is 5.82 Å². The van der Waals surface area contributed by atoms with Gasteiger partial charge in [0.15, 0.2) is 0 Å². The van der Waals surface area contributed by atoms with Crippen LogP contribution in [0.25, 0.3) is 0 Å². The lowest BCUT2D eigenvalue weighted by Crippen LogP contribution is -2.38. The minimum atomic E-state index is -5.76. The van der Waals surface area contributed by atoms with Gasteiger partial charge in [-0.15, -0.1) is 0 Å². The third-order valence-electron chi connectivity index (χ3n) is 1.34. The van der Waals surface area contributed by atoms with Gasteiger partial charge in [0, 0.05) is 0 Å². The van der Waals surface area contributed by atoms with Gasteiger partial charge in [0.05, 0.1) is 0 Å². The fourth-order valence-electron chi connectivity index (χ4n) is 0.653. The molecule has 0 bridgehead atoms. The summed E-state index contributed by atoms with van der Waals surface area (Å²) >= 11 is 4.29. The van der Waals surface area contributed by atoms with E-state index in [1.54, 1.807) is 5.10 Å². The van der Waals surface area contributed by atoms with Crippen LogP contribution < -0.4 is 5.84 Å². The number of hydrogen-bond donors (Lipinski definition) is 2. The van der Waals surface area contributed by atoms with Gasteiger partial charge in [-0.3, -0.25) is 0 Å². The highest BCUT2D eigenvalue weighted by Crippen LogP contribution is 2.42. The normalized spacial score (nSPS) is 13.2. The molecule has 0 aromatic carbocycles. The van der Waals surface area contributed by atoms with Crippen LogP contribution in [0, 0.1) is 4.77 Å². The van der Waals surface area contributed by atoms with Crippen molar-refractivity contribution >= 4 is 12.2 Å². The number of H-pyrrole nitrogens is 1. The summed E-state index contributed by atoms with van der Waals surface area (Å²) in [7, 11) is 0. The van der Waals surface area contributed by atoms with E-state index in [1.165, 1.54) is 0 Å². The summed E-state index contributed by atoms with van der Waals surface area (Å²) in [6, 6.07) is 0. The molecule has 10 heteroatoms. The highest BCUT2D eigenvalue weighted by molar-refractivity contribution is 7.71. The van der Waals surface area contributed by atoms with E-state index in [2.05, 4.69) is 17.3 Å². The first-order chi connectivity index (χ1) is 6.18. The molecule has 0 spiro atoms. The maximum absolute atomic E-state index is 12.6. The Balaban J connectivity index is 3.30. The van der Waals surface area contributed by atoms with Gasteiger partial charge < -0.3 is 5.84 Å². The van der Waals surface area contributed by atoms with Gasteiger partial charge in [-0.1, -0.05) is 0 Å². The van der Waals surface area contributed by atoms with E-state index >= 15 is 0 Å². The van der Waals surface area contributed by atoms with Crippen molar-refractivity contribution in [3.63, 3.8) is 0 Å². The van der Waals surface area contributed by atoms with E-state index in [0.717, 1.165) is 0 Å². The second kappa shape index (κ2) is 2.90. The maximum Gasteiger partial charge on any atom is 0.461 e. The molecule has 0 saturated heterocycles. The van der Waals surface area contributed by atoms with Crippen molar-refractivity contribution in [2.45, 2.75) is 12.1 Å². The first kappa shape index (κ1) is 10.9. The first-order valence-electron chi connectivity index (χ1n) is 3.05. The van der Waals surface area contributed by atoms with Crippen LogP contribution in [0.3, 0.4) is 0 Å². The highest BCUT2D eigenvalue weighted by atomic mass is 32.1. The van der Waals surface area contributed by atoms with Crippen LogP contribution in [0.4, 0.5) is 22.0 Å². The zero-order valence-electron chi connectivity index (χ0n) is 6.27. The summed E-state index contributed by atoms with van der Waals surface area (Å²) in [6.45, 7) is 0. The maximum atomic E-state index is 12.6. The minimum absolute atomic E-state index is 0.0250. The van der Waals surface area contributed by atoms with Crippen LogP contribution >= 0.6 is 12.2 Å². The molecule has 0 amide bonds. The van der Waals surface area contributed by atoms with Crippen LogP contribution in [0.2, 0.25) is 0 Å². The summed E-state index contributed by atoms with van der Waals surface area (Å²) in [6.07, 6.45) is -5.76. The monoisotopic (exact) mass is 234 g/mol. The lowest BCUT2D eigenvalue weighted by molar-refractivity contribution is -0.293. The predicted octanol–water partition coefficient (Wildman–Crippen LogP) is 1.31. The molecule has 80 valence electrons. The quantitative estimate of drug-likeness (QED) is 0.437. The number of alkyl halides is 5. The number of halogens is 5. The van der Waals surface area contributed by atoms with E-state index in [0.29, 0.717) is 0 Å². The number of nitrogens with one attached hydrogen (secondary N) is 1. The zero-order valence-corrected chi connectivity index (χ0v) is 7.09. The number of aromatic amines is 1. The molecule has 1 aromatic rings. The number of rotatable bonds is 1. The standard InChI is InChI=1S/C4H3F5N4S/c5-3(6,4(7,8)9)1-11-12-2(14)13(1)10/h10H2,(H,12,14). The largest absolute Gasteiger partial charge is 0.461 e. The Morgan fingerprint density at radius 1 is 1.29 bits per heavy atom. The van der Waals surface area contributed by atoms with Gasteiger partial charge >= 0.3 is 12.1 Å². The molecule has 0 radical (unpaired) electrons. The molecule has 1 aromatic heterocycles. The molecule has 1 rings (SSSR count). The Labute approximate surface area is 78.5 Å². The highest BCUT2D eigenvalue weighted by Gasteiger charge is 2.62. The van der Waals surface area contributed by atoms with Crippen LogP contribution in [-0.4, -0.2) is 21.0 Å². The number of nitrogens with zero attached hydrogens (tertiary/aromatic N) is 2. The Morgan fingerprint density at radius 2 is 1.79 bits per heavy atom. The third kappa shape index (κ3) is 1.45. The van der Waals surface area contributed by atoms with Crippen molar-refractivity contribution < 1.29 is 22.0 Å². The molecule has 0 aliphatic carbocycles. The average Bonchev–Trinajstić information content (AvgIpc) is 2.30. The zero-order chi connectivity index (χ0) is 11.1. The number of aromatic nitrogens is 3. The molecule has 0 fully saturated rings. The van der Waals surface area contributed by atoms with Gasteiger partial charge in [0.2, 0.25) is 10.6 Å². The van der Waals surface area contributed by atoms with Crippen molar-refractivity contribution in [3.8, 4) is 0 Å². The number of hydrogen-bond acceptors (Lipinski definition) is 3. The summed E-state index contributed by atoms with van der Waals surface area (Å²) in [5.41, 5.74) is 0. The third-order valence-corrected chi connectivity index (χ3v) is 1.63. The summed E-state index contributed by atoms with van der Waals surface area (Å²) < 4.78 is 60.0. The van der Waals surface area contributed by atoms with Crippen molar-refractivity contribution in [2.24, 2.45) is 0 Å². The van der Waals surface area contributed by atoms with Crippen LogP contribution in [-0.2, 0) is 5.92 Å². The van der Waals surface area contributed by atoms with Gasteiger partial charge in [0.25, 0.3) is 0 Å². The Morgan fingerprint density at radius 3 is 2.07 bits per heavy atom. The molecule has 0 unspecified atom stereocenters. The molecule has 0 aliphatic heterocycles. The second-order valence-electron chi connectivity index (χ2n) is 2.29. The van der Waals surface area contributed by atoms with E-state index in [-0.39, 0.29) is 4.68 Å². The van der Waals surface area contributed by atoms with E-state index in [1.807, 2.05) is 0 Å².